The molecule has 0 amide bonds. The van der Waals surface area contributed by atoms with Crippen molar-refractivity contribution in [1.29, 1.82) is 0 Å². The van der Waals surface area contributed by atoms with Crippen LogP contribution >= 0.6 is 11.3 Å². The first-order valence-electron chi connectivity index (χ1n) is 6.68. The maximum absolute atomic E-state index is 4.52. The van der Waals surface area contributed by atoms with Gasteiger partial charge in [0.2, 0.25) is 5.65 Å². The molecule has 0 aliphatic carbocycles. The Hall–Kier alpha value is -2.20. The lowest BCUT2D eigenvalue weighted by Crippen LogP contribution is -2.32. The number of benzene rings is 1. The number of nitrogens with zero attached hydrogens (tertiary/aromatic N) is 3. The van der Waals surface area contributed by atoms with Crippen LogP contribution in [-0.4, -0.2) is 9.55 Å². The minimum absolute atomic E-state index is 0.968. The number of thiazole rings is 1. The lowest BCUT2D eigenvalue weighted by Gasteiger charge is -1.92. The molecule has 4 aromatic rings. The Morgan fingerprint density at radius 3 is 3.05 bits per heavy atom. The maximum Gasteiger partial charge on any atom is 0.302 e. The Morgan fingerprint density at radius 1 is 1.20 bits per heavy atom. The van der Waals surface area contributed by atoms with Crippen LogP contribution in [-0.2, 0) is 13.6 Å². The summed E-state index contributed by atoms with van der Waals surface area (Å²) in [6.07, 6.45) is 1.87. The van der Waals surface area contributed by atoms with Crippen molar-refractivity contribution < 1.29 is 4.57 Å². The minimum Gasteiger partial charge on any atom is -0.217 e. The van der Waals surface area contributed by atoms with Gasteiger partial charge in [0.15, 0.2) is 5.01 Å². The van der Waals surface area contributed by atoms with Crippen molar-refractivity contribution in [3.63, 3.8) is 0 Å². The molecule has 1 aliphatic rings. The summed E-state index contributed by atoms with van der Waals surface area (Å²) < 4.78 is 5.99. The highest BCUT2D eigenvalue weighted by molar-refractivity contribution is 7.22. The van der Waals surface area contributed by atoms with E-state index in [1.54, 1.807) is 0 Å². The Morgan fingerprint density at radius 2 is 2.10 bits per heavy atom. The van der Waals surface area contributed by atoms with Crippen LogP contribution in [0.3, 0.4) is 0 Å². The van der Waals surface area contributed by atoms with E-state index < -0.39 is 0 Å². The summed E-state index contributed by atoms with van der Waals surface area (Å²) in [4.78, 5) is 4.52. The molecule has 0 bridgehead atoms. The molecule has 0 N–H and O–H groups in total. The van der Waals surface area contributed by atoms with Crippen molar-refractivity contribution >= 4 is 32.7 Å². The van der Waals surface area contributed by atoms with Crippen molar-refractivity contribution in [1.82, 2.24) is 9.55 Å². The third-order valence-corrected chi connectivity index (χ3v) is 5.39. The van der Waals surface area contributed by atoms with E-state index in [1.807, 2.05) is 23.6 Å². The van der Waals surface area contributed by atoms with Gasteiger partial charge in [-0.3, -0.25) is 0 Å². The maximum atomic E-state index is 4.52. The first-order chi connectivity index (χ1) is 9.84. The van der Waals surface area contributed by atoms with Crippen molar-refractivity contribution in [2.75, 3.05) is 0 Å². The number of rotatable bonds is 0. The average Bonchev–Trinajstić information content (AvgIpc) is 3.09. The molecule has 0 unspecified atom stereocenters. The van der Waals surface area contributed by atoms with Gasteiger partial charge >= 0.3 is 5.65 Å². The van der Waals surface area contributed by atoms with Crippen molar-refractivity contribution in [3.05, 3.63) is 48.2 Å². The molecule has 0 spiro atoms. The van der Waals surface area contributed by atoms with Gasteiger partial charge in [-0.1, -0.05) is 29.5 Å². The van der Waals surface area contributed by atoms with Crippen LogP contribution in [0.4, 0.5) is 0 Å². The molecule has 0 atom stereocenters. The SMILES string of the molecule is Cn1c2ncccc2c2sc3[n+](c21)Cc1ccccc1-3. The summed E-state index contributed by atoms with van der Waals surface area (Å²) in [5.74, 6) is 0. The van der Waals surface area contributed by atoms with Gasteiger partial charge in [0.05, 0.1) is 12.4 Å². The highest BCUT2D eigenvalue weighted by Crippen LogP contribution is 2.38. The fourth-order valence-corrected chi connectivity index (χ4v) is 4.62. The molecule has 20 heavy (non-hydrogen) atoms. The molecule has 96 valence electrons. The summed E-state index contributed by atoms with van der Waals surface area (Å²) in [6.45, 7) is 0.968. The Kier molecular flexibility index (Phi) is 1.83. The van der Waals surface area contributed by atoms with E-state index in [0.717, 1.165) is 12.2 Å². The van der Waals surface area contributed by atoms with Gasteiger partial charge in [-0.05, 0) is 18.2 Å². The normalized spacial score (nSPS) is 13.1. The Bertz CT molecular complexity index is 994. The molecule has 0 saturated carbocycles. The van der Waals surface area contributed by atoms with E-state index >= 15 is 0 Å². The smallest absolute Gasteiger partial charge is 0.217 e. The highest BCUT2D eigenvalue weighted by atomic mass is 32.1. The summed E-state index contributed by atoms with van der Waals surface area (Å²) in [5.41, 5.74) is 5.15. The molecule has 5 rings (SSSR count). The quantitative estimate of drug-likeness (QED) is 0.399. The predicted octanol–water partition coefficient (Wildman–Crippen LogP) is 3.10. The second-order valence-electron chi connectivity index (χ2n) is 5.24. The van der Waals surface area contributed by atoms with Gasteiger partial charge in [0, 0.05) is 17.3 Å². The Labute approximate surface area is 119 Å². The van der Waals surface area contributed by atoms with Crippen molar-refractivity contribution in [3.8, 4) is 10.6 Å². The van der Waals surface area contributed by atoms with Gasteiger partial charge in [0.25, 0.3) is 0 Å². The highest BCUT2D eigenvalue weighted by Gasteiger charge is 2.32. The van der Waals surface area contributed by atoms with E-state index in [4.69, 9.17) is 0 Å². The molecule has 3 nitrogen and oxygen atoms in total. The number of pyridine rings is 1. The molecule has 4 heteroatoms. The standard InChI is InChI=1S/C16H12N3S/c1-18-14-12(7-4-8-17-14)13-15(18)19-9-10-5-2-3-6-11(10)16(19)20-13/h2-8H,9H2,1H3/q+1. The van der Waals surface area contributed by atoms with Crippen molar-refractivity contribution in [2.45, 2.75) is 6.54 Å². The van der Waals surface area contributed by atoms with Crippen LogP contribution in [0.2, 0.25) is 0 Å². The lowest BCUT2D eigenvalue weighted by atomic mass is 10.1. The second-order valence-corrected chi connectivity index (χ2v) is 6.24. The number of aromatic nitrogens is 3. The van der Waals surface area contributed by atoms with E-state index in [1.165, 1.54) is 31.9 Å². The van der Waals surface area contributed by atoms with E-state index in [0.29, 0.717) is 0 Å². The van der Waals surface area contributed by atoms with Gasteiger partial charge < -0.3 is 0 Å². The fraction of sp³-hybridized carbons (Fsp3) is 0.125. The number of fused-ring (bicyclic) bond motifs is 7. The Balaban J connectivity index is 1.97. The predicted molar refractivity (Wildman–Crippen MR) is 80.8 cm³/mol. The zero-order valence-electron chi connectivity index (χ0n) is 11.0. The first kappa shape index (κ1) is 10.6. The zero-order valence-corrected chi connectivity index (χ0v) is 11.8. The molecule has 4 heterocycles. The lowest BCUT2D eigenvalue weighted by molar-refractivity contribution is -0.644. The minimum atomic E-state index is 0.968. The summed E-state index contributed by atoms with van der Waals surface area (Å²) >= 11 is 1.88. The van der Waals surface area contributed by atoms with Crippen molar-refractivity contribution in [2.24, 2.45) is 7.05 Å². The zero-order chi connectivity index (χ0) is 13.3. The third kappa shape index (κ3) is 1.11. The van der Waals surface area contributed by atoms with Crippen LogP contribution in [0.5, 0.6) is 0 Å². The molecule has 1 aromatic carbocycles. The van der Waals surface area contributed by atoms with E-state index in [-0.39, 0.29) is 0 Å². The molecule has 1 aliphatic heterocycles. The number of hydrogen-bond donors (Lipinski definition) is 0. The van der Waals surface area contributed by atoms with Crippen LogP contribution in [0, 0.1) is 0 Å². The topological polar surface area (TPSA) is 21.7 Å². The summed E-state index contributed by atoms with van der Waals surface area (Å²) in [7, 11) is 2.11. The largest absolute Gasteiger partial charge is 0.302 e. The molecule has 0 saturated heterocycles. The molecular weight excluding hydrogens is 266 g/mol. The van der Waals surface area contributed by atoms with Crippen LogP contribution in [0.25, 0.3) is 32.0 Å². The third-order valence-electron chi connectivity index (χ3n) is 4.15. The van der Waals surface area contributed by atoms with E-state index in [9.17, 15) is 0 Å². The van der Waals surface area contributed by atoms with Gasteiger partial charge in [-0.2, -0.15) is 0 Å². The van der Waals surface area contributed by atoms with Gasteiger partial charge in [-0.25, -0.2) is 14.1 Å². The fourth-order valence-electron chi connectivity index (χ4n) is 3.25. The average molecular weight is 278 g/mol. The summed E-state index contributed by atoms with van der Waals surface area (Å²) in [5, 5.41) is 2.63. The summed E-state index contributed by atoms with van der Waals surface area (Å²) in [6, 6.07) is 12.9. The van der Waals surface area contributed by atoms with Gasteiger partial charge in [-0.15, -0.1) is 0 Å². The monoisotopic (exact) mass is 278 g/mol. The number of hydrogen-bond acceptors (Lipinski definition) is 2. The van der Waals surface area contributed by atoms with Crippen LogP contribution in [0.1, 0.15) is 5.56 Å². The first-order valence-corrected chi connectivity index (χ1v) is 7.50. The van der Waals surface area contributed by atoms with Crippen LogP contribution < -0.4 is 4.57 Å². The molecule has 0 fully saturated rings. The van der Waals surface area contributed by atoms with E-state index in [2.05, 4.69) is 51.5 Å². The van der Waals surface area contributed by atoms with Crippen LogP contribution in [0.15, 0.2) is 42.6 Å². The molecular formula is C16H12N3S+. The molecule has 3 aromatic heterocycles. The van der Waals surface area contributed by atoms with Gasteiger partial charge in [0.1, 0.15) is 11.2 Å². The molecule has 0 radical (unpaired) electrons. The number of aryl methyl sites for hydroxylation is 1. The second kappa shape index (κ2) is 3.46.